The third-order valence-corrected chi connectivity index (χ3v) is 3.09. The van der Waals surface area contributed by atoms with E-state index in [0.29, 0.717) is 18.4 Å². The molecule has 2 aromatic rings. The van der Waals surface area contributed by atoms with Crippen molar-refractivity contribution in [3.8, 4) is 5.88 Å². The molecule has 6 heteroatoms. The van der Waals surface area contributed by atoms with E-state index in [4.69, 9.17) is 10.5 Å². The standard InChI is InChI=1S/C13H15BrN4O/c1-19-12-11(14)8-16-13(18-12)17-10-4-2-9(3-5-10)6-7-15/h2-5,8H,6-7,15H2,1H3,(H,16,17,18). The number of hydrogen-bond donors (Lipinski definition) is 2. The predicted molar refractivity (Wildman–Crippen MR) is 78.8 cm³/mol. The summed E-state index contributed by atoms with van der Waals surface area (Å²) in [5, 5.41) is 3.12. The van der Waals surface area contributed by atoms with Crippen LogP contribution < -0.4 is 15.8 Å². The Bertz CT molecular complexity index is 545. The van der Waals surface area contributed by atoms with Crippen LogP contribution in [0, 0.1) is 0 Å². The van der Waals surface area contributed by atoms with Crippen LogP contribution in [0.1, 0.15) is 5.56 Å². The Kier molecular flexibility index (Phi) is 4.70. The molecule has 0 aliphatic carbocycles. The minimum absolute atomic E-state index is 0.492. The van der Waals surface area contributed by atoms with E-state index in [0.717, 1.165) is 16.6 Å². The van der Waals surface area contributed by atoms with Crippen LogP contribution in [-0.4, -0.2) is 23.6 Å². The number of ether oxygens (including phenoxy) is 1. The third-order valence-electron chi connectivity index (χ3n) is 2.55. The van der Waals surface area contributed by atoms with Crippen molar-refractivity contribution in [2.24, 2.45) is 5.73 Å². The lowest BCUT2D eigenvalue weighted by Crippen LogP contribution is -2.03. The van der Waals surface area contributed by atoms with Gasteiger partial charge in [-0.05, 0) is 46.6 Å². The van der Waals surface area contributed by atoms with Crippen molar-refractivity contribution >= 4 is 27.6 Å². The molecule has 0 aliphatic heterocycles. The lowest BCUT2D eigenvalue weighted by molar-refractivity contribution is 0.394. The molecule has 2 rings (SSSR count). The molecule has 0 fully saturated rings. The molecule has 0 saturated carbocycles. The van der Waals surface area contributed by atoms with Gasteiger partial charge in [-0.2, -0.15) is 4.98 Å². The van der Waals surface area contributed by atoms with E-state index in [9.17, 15) is 0 Å². The highest BCUT2D eigenvalue weighted by Gasteiger charge is 2.05. The SMILES string of the molecule is COc1nc(Nc2ccc(CCN)cc2)ncc1Br. The second-order valence-corrected chi connectivity index (χ2v) is 4.77. The molecule has 0 amide bonds. The van der Waals surface area contributed by atoms with Gasteiger partial charge in [0.15, 0.2) is 0 Å². The van der Waals surface area contributed by atoms with Gasteiger partial charge in [0.05, 0.1) is 17.8 Å². The summed E-state index contributed by atoms with van der Waals surface area (Å²) in [5.41, 5.74) is 7.65. The summed E-state index contributed by atoms with van der Waals surface area (Å²) in [7, 11) is 1.57. The molecule has 0 atom stereocenters. The fourth-order valence-electron chi connectivity index (χ4n) is 1.61. The number of nitrogens with zero attached hydrogens (tertiary/aromatic N) is 2. The number of anilines is 2. The molecule has 0 saturated heterocycles. The van der Waals surface area contributed by atoms with Crippen LogP contribution in [0.5, 0.6) is 5.88 Å². The number of methoxy groups -OCH3 is 1. The van der Waals surface area contributed by atoms with E-state index >= 15 is 0 Å². The molecule has 19 heavy (non-hydrogen) atoms. The minimum atomic E-state index is 0.492. The zero-order valence-corrected chi connectivity index (χ0v) is 12.1. The van der Waals surface area contributed by atoms with Crippen LogP contribution in [0.3, 0.4) is 0 Å². The third kappa shape index (κ3) is 3.65. The fraction of sp³-hybridized carbons (Fsp3) is 0.231. The maximum absolute atomic E-state index is 5.51. The molecule has 1 heterocycles. The molecule has 1 aromatic carbocycles. The Morgan fingerprint density at radius 1 is 1.32 bits per heavy atom. The highest BCUT2D eigenvalue weighted by atomic mass is 79.9. The van der Waals surface area contributed by atoms with Crippen molar-refractivity contribution in [1.29, 1.82) is 0 Å². The summed E-state index contributed by atoms with van der Waals surface area (Å²) < 4.78 is 5.84. The first-order valence-corrected chi connectivity index (χ1v) is 6.65. The second kappa shape index (κ2) is 6.49. The molecule has 0 spiro atoms. The molecular weight excluding hydrogens is 308 g/mol. The number of benzene rings is 1. The van der Waals surface area contributed by atoms with E-state index in [-0.39, 0.29) is 0 Å². The van der Waals surface area contributed by atoms with Crippen LogP contribution in [0.2, 0.25) is 0 Å². The average molecular weight is 323 g/mol. The lowest BCUT2D eigenvalue weighted by atomic mass is 10.1. The largest absolute Gasteiger partial charge is 0.480 e. The number of rotatable bonds is 5. The van der Waals surface area contributed by atoms with Gasteiger partial charge in [0.25, 0.3) is 0 Å². The lowest BCUT2D eigenvalue weighted by Gasteiger charge is -2.08. The van der Waals surface area contributed by atoms with Gasteiger partial charge in [0.1, 0.15) is 0 Å². The van der Waals surface area contributed by atoms with Crippen LogP contribution in [0.25, 0.3) is 0 Å². The number of nitrogens with one attached hydrogen (secondary N) is 1. The molecule has 0 bridgehead atoms. The van der Waals surface area contributed by atoms with Crippen molar-refractivity contribution in [3.05, 3.63) is 40.5 Å². The average Bonchev–Trinajstić information content (AvgIpc) is 2.43. The number of aromatic nitrogens is 2. The summed E-state index contributed by atoms with van der Waals surface area (Å²) in [4.78, 5) is 8.41. The Morgan fingerprint density at radius 2 is 2.05 bits per heavy atom. The molecular formula is C13H15BrN4O. The minimum Gasteiger partial charge on any atom is -0.480 e. The Balaban J connectivity index is 2.12. The van der Waals surface area contributed by atoms with Gasteiger partial charge in [-0.1, -0.05) is 12.1 Å². The molecule has 0 radical (unpaired) electrons. The normalized spacial score (nSPS) is 10.3. The van der Waals surface area contributed by atoms with E-state index < -0.39 is 0 Å². The highest BCUT2D eigenvalue weighted by Crippen LogP contribution is 2.23. The first-order chi connectivity index (χ1) is 9.22. The first kappa shape index (κ1) is 13.8. The summed E-state index contributed by atoms with van der Waals surface area (Å²) in [6.45, 7) is 0.653. The zero-order valence-electron chi connectivity index (χ0n) is 10.6. The van der Waals surface area contributed by atoms with Crippen LogP contribution in [0.15, 0.2) is 34.9 Å². The van der Waals surface area contributed by atoms with Crippen molar-refractivity contribution in [1.82, 2.24) is 9.97 Å². The van der Waals surface area contributed by atoms with E-state index in [1.54, 1.807) is 13.3 Å². The number of halogens is 1. The topological polar surface area (TPSA) is 73.1 Å². The number of hydrogen-bond acceptors (Lipinski definition) is 5. The van der Waals surface area contributed by atoms with Crippen molar-refractivity contribution in [3.63, 3.8) is 0 Å². The van der Waals surface area contributed by atoms with Gasteiger partial charge in [0, 0.05) is 5.69 Å². The van der Waals surface area contributed by atoms with E-state index in [1.165, 1.54) is 5.56 Å². The van der Waals surface area contributed by atoms with Crippen LogP contribution >= 0.6 is 15.9 Å². The molecule has 5 nitrogen and oxygen atoms in total. The van der Waals surface area contributed by atoms with Gasteiger partial charge >= 0.3 is 0 Å². The Hall–Kier alpha value is -1.66. The molecule has 100 valence electrons. The molecule has 0 unspecified atom stereocenters. The van der Waals surface area contributed by atoms with Gasteiger partial charge in [-0.25, -0.2) is 4.98 Å². The maximum atomic E-state index is 5.51. The summed E-state index contributed by atoms with van der Waals surface area (Å²) in [6, 6.07) is 8.02. The van der Waals surface area contributed by atoms with Crippen molar-refractivity contribution in [2.75, 3.05) is 19.0 Å². The second-order valence-electron chi connectivity index (χ2n) is 3.91. The molecule has 3 N–H and O–H groups in total. The summed E-state index contributed by atoms with van der Waals surface area (Å²) in [6.07, 6.45) is 2.53. The number of nitrogens with two attached hydrogens (primary N) is 1. The van der Waals surface area contributed by atoms with Gasteiger partial charge in [-0.15, -0.1) is 0 Å². The first-order valence-electron chi connectivity index (χ1n) is 5.85. The van der Waals surface area contributed by atoms with Gasteiger partial charge < -0.3 is 15.8 Å². The smallest absolute Gasteiger partial charge is 0.232 e. The monoisotopic (exact) mass is 322 g/mol. The van der Waals surface area contributed by atoms with Crippen molar-refractivity contribution < 1.29 is 4.74 Å². The fourth-order valence-corrected chi connectivity index (χ4v) is 1.96. The molecule has 1 aromatic heterocycles. The van der Waals surface area contributed by atoms with E-state index in [1.807, 2.05) is 24.3 Å². The zero-order chi connectivity index (χ0) is 13.7. The summed E-state index contributed by atoms with van der Waals surface area (Å²) >= 11 is 3.31. The highest BCUT2D eigenvalue weighted by molar-refractivity contribution is 9.10. The summed E-state index contributed by atoms with van der Waals surface area (Å²) in [5.74, 6) is 0.990. The van der Waals surface area contributed by atoms with Crippen molar-refractivity contribution in [2.45, 2.75) is 6.42 Å². The van der Waals surface area contributed by atoms with Crippen LogP contribution in [0.4, 0.5) is 11.6 Å². The predicted octanol–water partition coefficient (Wildman–Crippen LogP) is 2.49. The maximum Gasteiger partial charge on any atom is 0.232 e. The molecule has 0 aliphatic rings. The van der Waals surface area contributed by atoms with Crippen LogP contribution in [-0.2, 0) is 6.42 Å². The van der Waals surface area contributed by atoms with Gasteiger partial charge in [0.2, 0.25) is 11.8 Å². The van der Waals surface area contributed by atoms with E-state index in [2.05, 4.69) is 31.2 Å². The Morgan fingerprint density at radius 3 is 2.68 bits per heavy atom. The quantitative estimate of drug-likeness (QED) is 0.884. The Labute approximate surface area is 120 Å². The van der Waals surface area contributed by atoms with Gasteiger partial charge in [-0.3, -0.25) is 0 Å².